The number of hydrogen-bond acceptors (Lipinski definition) is 2. The Bertz CT molecular complexity index is 722. The maximum Gasteiger partial charge on any atom is 0.314 e. The van der Waals surface area contributed by atoms with Crippen molar-refractivity contribution in [3.8, 4) is 5.75 Å². The topological polar surface area (TPSA) is 26.3 Å². The van der Waals surface area contributed by atoms with Gasteiger partial charge < -0.3 is 4.74 Å². The summed E-state index contributed by atoms with van der Waals surface area (Å²) in [7, 11) is 0. The molecule has 1 fully saturated rings. The molecule has 0 aliphatic heterocycles. The van der Waals surface area contributed by atoms with E-state index in [4.69, 9.17) is 16.3 Å². The van der Waals surface area contributed by atoms with Crippen LogP contribution in [-0.4, -0.2) is 5.97 Å². The first-order valence-electron chi connectivity index (χ1n) is 8.04. The second-order valence-electron chi connectivity index (χ2n) is 6.57. The molecule has 0 bridgehead atoms. The first kappa shape index (κ1) is 16.1. The van der Waals surface area contributed by atoms with Crippen molar-refractivity contribution in [2.75, 3.05) is 0 Å². The van der Waals surface area contributed by atoms with Crippen LogP contribution in [0.4, 0.5) is 0 Å². The van der Waals surface area contributed by atoms with E-state index in [9.17, 15) is 4.79 Å². The number of hydrogen-bond donors (Lipinski definition) is 0. The molecule has 0 N–H and O–H groups in total. The minimum Gasteiger partial charge on any atom is -0.426 e. The number of benzene rings is 2. The molecule has 0 heterocycles. The number of aryl methyl sites for hydroxylation is 1. The third-order valence-corrected chi connectivity index (χ3v) is 4.85. The van der Waals surface area contributed by atoms with Gasteiger partial charge in [0, 0.05) is 5.02 Å². The first-order valence-corrected chi connectivity index (χ1v) is 8.42. The van der Waals surface area contributed by atoms with Crippen molar-refractivity contribution < 1.29 is 9.53 Å². The van der Waals surface area contributed by atoms with E-state index in [0.29, 0.717) is 16.7 Å². The fourth-order valence-corrected chi connectivity index (χ4v) is 3.09. The van der Waals surface area contributed by atoms with Crippen LogP contribution < -0.4 is 4.74 Å². The number of carbonyl (C=O) groups excluding carboxylic acids is 1. The van der Waals surface area contributed by atoms with Crippen molar-refractivity contribution in [3.63, 3.8) is 0 Å². The van der Waals surface area contributed by atoms with Crippen LogP contribution in [0, 0.1) is 12.8 Å². The highest BCUT2D eigenvalue weighted by Crippen LogP contribution is 2.48. The van der Waals surface area contributed by atoms with Gasteiger partial charge in [-0.25, -0.2) is 0 Å². The highest BCUT2D eigenvalue weighted by atomic mass is 35.5. The zero-order valence-corrected chi connectivity index (χ0v) is 14.4. The Hall–Kier alpha value is -1.80. The van der Waals surface area contributed by atoms with E-state index in [1.807, 2.05) is 37.3 Å². The molecule has 0 amide bonds. The number of halogens is 1. The van der Waals surface area contributed by atoms with Crippen LogP contribution in [0.25, 0.3) is 0 Å². The predicted molar refractivity (Wildman–Crippen MR) is 93.2 cm³/mol. The van der Waals surface area contributed by atoms with Crippen LogP contribution in [-0.2, 0) is 4.79 Å². The molecular weight excluding hydrogens is 308 g/mol. The molecule has 3 heteroatoms. The average molecular weight is 329 g/mol. The summed E-state index contributed by atoms with van der Waals surface area (Å²) in [6.45, 7) is 6.07. The molecule has 1 aliphatic carbocycles. The lowest BCUT2D eigenvalue weighted by molar-refractivity contribution is -0.136. The summed E-state index contributed by atoms with van der Waals surface area (Å²) >= 11 is 6.20. The summed E-state index contributed by atoms with van der Waals surface area (Å²) in [4.78, 5) is 12.5. The van der Waals surface area contributed by atoms with Gasteiger partial charge >= 0.3 is 5.97 Å². The van der Waals surface area contributed by atoms with Crippen LogP contribution in [0.1, 0.15) is 48.8 Å². The zero-order chi connectivity index (χ0) is 16.6. The molecule has 23 heavy (non-hydrogen) atoms. The third kappa shape index (κ3) is 3.42. The predicted octanol–water partition coefficient (Wildman–Crippen LogP) is 5.48. The van der Waals surface area contributed by atoms with Gasteiger partial charge in [-0.1, -0.05) is 55.8 Å². The zero-order valence-electron chi connectivity index (χ0n) is 13.7. The van der Waals surface area contributed by atoms with Gasteiger partial charge in [-0.15, -0.1) is 0 Å². The Balaban J connectivity index is 1.76. The monoisotopic (exact) mass is 328 g/mol. The van der Waals surface area contributed by atoms with Crippen molar-refractivity contribution in [1.29, 1.82) is 0 Å². The lowest BCUT2D eigenvalue weighted by atomic mass is 10.0. The summed E-state index contributed by atoms with van der Waals surface area (Å²) < 4.78 is 5.72. The summed E-state index contributed by atoms with van der Waals surface area (Å²) in [6.07, 6.45) is 0.867. The van der Waals surface area contributed by atoms with Gasteiger partial charge in [-0.3, -0.25) is 4.79 Å². The number of rotatable bonds is 4. The smallest absolute Gasteiger partial charge is 0.314 e. The fourth-order valence-electron chi connectivity index (χ4n) is 2.92. The minimum absolute atomic E-state index is 0.0339. The normalized spacial score (nSPS) is 19.7. The SMILES string of the molecule is Cc1cc(OC(=O)[C@@H]2C[C@@H]2c2ccccc2)c(C(C)C)cc1Cl. The minimum atomic E-state index is -0.137. The second kappa shape index (κ2) is 6.37. The maximum absolute atomic E-state index is 12.5. The van der Waals surface area contributed by atoms with Gasteiger partial charge in [0.15, 0.2) is 0 Å². The summed E-state index contributed by atoms with van der Waals surface area (Å²) in [5.41, 5.74) is 3.12. The summed E-state index contributed by atoms with van der Waals surface area (Å²) in [6, 6.07) is 13.9. The summed E-state index contributed by atoms with van der Waals surface area (Å²) in [5.74, 6) is 1.01. The maximum atomic E-state index is 12.5. The van der Waals surface area contributed by atoms with E-state index in [0.717, 1.165) is 17.5 Å². The first-order chi connectivity index (χ1) is 11.0. The molecule has 0 saturated heterocycles. The molecular formula is C20H21ClO2. The molecule has 2 atom stereocenters. The van der Waals surface area contributed by atoms with Gasteiger partial charge in [0.1, 0.15) is 5.75 Å². The Morgan fingerprint density at radius 1 is 1.22 bits per heavy atom. The molecule has 0 unspecified atom stereocenters. The van der Waals surface area contributed by atoms with Gasteiger partial charge in [0.25, 0.3) is 0 Å². The van der Waals surface area contributed by atoms with E-state index in [1.165, 1.54) is 5.56 Å². The van der Waals surface area contributed by atoms with E-state index < -0.39 is 0 Å². The van der Waals surface area contributed by atoms with Crippen molar-refractivity contribution in [2.24, 2.45) is 5.92 Å². The Labute approximate surface area is 142 Å². The van der Waals surface area contributed by atoms with Crippen LogP contribution in [0.2, 0.25) is 5.02 Å². The number of carbonyl (C=O) groups is 1. The summed E-state index contributed by atoms with van der Waals surface area (Å²) in [5, 5.41) is 0.710. The molecule has 1 saturated carbocycles. The molecule has 0 radical (unpaired) electrons. The standard InChI is InChI=1S/C20H21ClO2/c1-12(2)15-11-18(21)13(3)9-19(15)23-20(22)17-10-16(17)14-7-5-4-6-8-14/h4-9,11-12,16-17H,10H2,1-3H3/t16-,17-/m1/s1. The van der Waals surface area contributed by atoms with E-state index >= 15 is 0 Å². The van der Waals surface area contributed by atoms with Gasteiger partial charge in [0.05, 0.1) is 5.92 Å². The highest BCUT2D eigenvalue weighted by molar-refractivity contribution is 6.31. The van der Waals surface area contributed by atoms with Crippen molar-refractivity contribution >= 4 is 17.6 Å². The molecule has 0 aromatic heterocycles. The van der Waals surface area contributed by atoms with Crippen molar-refractivity contribution in [1.82, 2.24) is 0 Å². The Kier molecular flexibility index (Phi) is 4.45. The second-order valence-corrected chi connectivity index (χ2v) is 6.98. The van der Waals surface area contributed by atoms with E-state index in [1.54, 1.807) is 0 Å². The van der Waals surface area contributed by atoms with Gasteiger partial charge in [-0.05, 0) is 54.0 Å². The Morgan fingerprint density at radius 3 is 2.57 bits per heavy atom. The van der Waals surface area contributed by atoms with Gasteiger partial charge in [0.2, 0.25) is 0 Å². The average Bonchev–Trinajstić information content (AvgIpc) is 3.32. The lowest BCUT2D eigenvalue weighted by Gasteiger charge is -2.15. The molecule has 2 aromatic carbocycles. The van der Waals surface area contributed by atoms with Gasteiger partial charge in [-0.2, -0.15) is 0 Å². The molecule has 1 aliphatic rings. The quantitative estimate of drug-likeness (QED) is 0.548. The van der Waals surface area contributed by atoms with Crippen molar-refractivity contribution in [3.05, 3.63) is 64.2 Å². The molecule has 3 rings (SSSR count). The molecule has 2 aromatic rings. The molecule has 120 valence electrons. The third-order valence-electron chi connectivity index (χ3n) is 4.44. The van der Waals surface area contributed by atoms with Crippen molar-refractivity contribution in [2.45, 2.75) is 39.0 Å². The fraction of sp³-hybridized carbons (Fsp3) is 0.350. The molecule has 0 spiro atoms. The molecule has 2 nitrogen and oxygen atoms in total. The largest absolute Gasteiger partial charge is 0.426 e. The Morgan fingerprint density at radius 2 is 1.91 bits per heavy atom. The number of ether oxygens (including phenoxy) is 1. The highest BCUT2D eigenvalue weighted by Gasteiger charge is 2.45. The van der Waals surface area contributed by atoms with Crippen LogP contribution in [0.5, 0.6) is 5.75 Å². The number of esters is 1. The van der Waals surface area contributed by atoms with Crippen LogP contribution >= 0.6 is 11.6 Å². The van der Waals surface area contributed by atoms with E-state index in [-0.39, 0.29) is 17.8 Å². The van der Waals surface area contributed by atoms with Crippen LogP contribution in [0.3, 0.4) is 0 Å². The van der Waals surface area contributed by atoms with Crippen LogP contribution in [0.15, 0.2) is 42.5 Å². The lowest BCUT2D eigenvalue weighted by Crippen LogP contribution is -2.13. The van der Waals surface area contributed by atoms with E-state index in [2.05, 4.69) is 26.0 Å².